The Labute approximate surface area is 183 Å². The number of benzene rings is 2. The van der Waals surface area contributed by atoms with Crippen molar-refractivity contribution in [2.75, 3.05) is 25.6 Å². The lowest BCUT2D eigenvalue weighted by Crippen LogP contribution is -2.31. The molecule has 4 rings (SSSR count). The Balaban J connectivity index is 0.00000256. The number of fused-ring (bicyclic) bond motifs is 1. The van der Waals surface area contributed by atoms with E-state index in [1.807, 2.05) is 49.5 Å². The average Bonchev–Trinajstić information content (AvgIpc) is 2.76. The Morgan fingerprint density at radius 2 is 1.83 bits per heavy atom. The first-order chi connectivity index (χ1) is 14.3. The highest BCUT2D eigenvalue weighted by atomic mass is 35.5. The van der Waals surface area contributed by atoms with Crippen LogP contribution in [0, 0.1) is 0 Å². The number of methoxy groups -OCH3 is 1. The fourth-order valence-corrected chi connectivity index (χ4v) is 3.61. The molecule has 2 aromatic carbocycles. The second-order valence-electron chi connectivity index (χ2n) is 6.99. The van der Waals surface area contributed by atoms with Crippen molar-refractivity contribution in [1.82, 2.24) is 14.9 Å². The monoisotopic (exact) mass is 426 g/mol. The third-order valence-corrected chi connectivity index (χ3v) is 5.03. The molecule has 0 bridgehead atoms. The molecule has 30 heavy (non-hydrogen) atoms. The van der Waals surface area contributed by atoms with Crippen LogP contribution in [0.1, 0.15) is 23.7 Å². The fraction of sp³-hybridized carbons (Fsp3) is 0.304. The van der Waals surface area contributed by atoms with Crippen LogP contribution in [0.3, 0.4) is 0 Å². The van der Waals surface area contributed by atoms with Crippen molar-refractivity contribution in [3.8, 4) is 11.5 Å². The van der Waals surface area contributed by atoms with E-state index in [2.05, 4.69) is 27.3 Å². The summed E-state index contributed by atoms with van der Waals surface area (Å²) >= 11 is 0. The van der Waals surface area contributed by atoms with E-state index in [0.717, 1.165) is 48.9 Å². The Hall–Kier alpha value is -2.83. The largest absolute Gasteiger partial charge is 0.495 e. The van der Waals surface area contributed by atoms with Crippen molar-refractivity contribution in [3.05, 3.63) is 71.5 Å². The summed E-state index contributed by atoms with van der Waals surface area (Å²) in [6.45, 7) is 5.34. The van der Waals surface area contributed by atoms with Gasteiger partial charge in [-0.15, -0.1) is 12.4 Å². The molecule has 0 saturated heterocycles. The third-order valence-electron chi connectivity index (χ3n) is 5.03. The number of nitrogens with zero attached hydrogens (tertiary/aromatic N) is 3. The molecule has 1 aliphatic heterocycles. The molecular weight excluding hydrogens is 400 g/mol. The molecule has 1 N–H and O–H groups in total. The third kappa shape index (κ3) is 5.01. The van der Waals surface area contributed by atoms with Crippen molar-refractivity contribution < 1.29 is 9.47 Å². The normalized spacial score (nSPS) is 13.1. The lowest BCUT2D eigenvalue weighted by atomic mass is 10.1. The van der Waals surface area contributed by atoms with Gasteiger partial charge < -0.3 is 14.8 Å². The minimum absolute atomic E-state index is 0. The number of ether oxygens (including phenoxy) is 2. The highest BCUT2D eigenvalue weighted by Crippen LogP contribution is 2.27. The van der Waals surface area contributed by atoms with Gasteiger partial charge in [-0.2, -0.15) is 0 Å². The molecule has 0 spiro atoms. The molecule has 0 fully saturated rings. The molecule has 0 radical (unpaired) electrons. The van der Waals surface area contributed by atoms with Crippen LogP contribution in [0.5, 0.6) is 11.5 Å². The van der Waals surface area contributed by atoms with Crippen molar-refractivity contribution >= 4 is 24.0 Å². The Morgan fingerprint density at radius 3 is 2.63 bits per heavy atom. The van der Waals surface area contributed by atoms with E-state index in [0.29, 0.717) is 12.6 Å². The minimum atomic E-state index is 0. The SMILES string of the molecule is CCOc1ccccc1CN1CCc2nc(Nc3ccccc3OC)ncc2C1.Cl. The molecular formula is C23H27ClN4O2. The van der Waals surface area contributed by atoms with Gasteiger partial charge in [-0.25, -0.2) is 9.97 Å². The molecule has 0 aliphatic carbocycles. The zero-order valence-corrected chi connectivity index (χ0v) is 18.1. The predicted octanol–water partition coefficient (Wildman–Crippen LogP) is 4.61. The van der Waals surface area contributed by atoms with E-state index in [4.69, 9.17) is 14.5 Å². The van der Waals surface area contributed by atoms with Crippen molar-refractivity contribution in [2.45, 2.75) is 26.4 Å². The van der Waals surface area contributed by atoms with Gasteiger partial charge in [0.1, 0.15) is 11.5 Å². The number of nitrogens with one attached hydrogen (secondary N) is 1. The molecule has 0 amide bonds. The molecule has 3 aromatic rings. The first-order valence-electron chi connectivity index (χ1n) is 9.94. The second kappa shape index (κ2) is 10.3. The molecule has 6 nitrogen and oxygen atoms in total. The maximum Gasteiger partial charge on any atom is 0.227 e. The van der Waals surface area contributed by atoms with Gasteiger partial charge in [-0.05, 0) is 25.1 Å². The molecule has 1 aliphatic rings. The molecule has 0 atom stereocenters. The van der Waals surface area contributed by atoms with Crippen LogP contribution in [-0.2, 0) is 19.5 Å². The zero-order chi connectivity index (χ0) is 20.1. The highest BCUT2D eigenvalue weighted by molar-refractivity contribution is 5.85. The summed E-state index contributed by atoms with van der Waals surface area (Å²) in [5.74, 6) is 2.34. The summed E-state index contributed by atoms with van der Waals surface area (Å²) in [4.78, 5) is 11.7. The van der Waals surface area contributed by atoms with Gasteiger partial charge in [0.15, 0.2) is 0 Å². The summed E-state index contributed by atoms with van der Waals surface area (Å²) in [5, 5.41) is 3.27. The van der Waals surface area contributed by atoms with Gasteiger partial charge in [0, 0.05) is 43.4 Å². The van der Waals surface area contributed by atoms with Crippen LogP contribution in [0.2, 0.25) is 0 Å². The quantitative estimate of drug-likeness (QED) is 0.595. The minimum Gasteiger partial charge on any atom is -0.495 e. The van der Waals surface area contributed by atoms with Gasteiger partial charge in [-0.1, -0.05) is 30.3 Å². The summed E-state index contributed by atoms with van der Waals surface area (Å²) < 4.78 is 11.2. The molecule has 7 heteroatoms. The number of hydrogen-bond donors (Lipinski definition) is 1. The van der Waals surface area contributed by atoms with Crippen LogP contribution in [0.4, 0.5) is 11.6 Å². The predicted molar refractivity (Wildman–Crippen MR) is 121 cm³/mol. The van der Waals surface area contributed by atoms with E-state index < -0.39 is 0 Å². The van der Waals surface area contributed by atoms with Crippen LogP contribution >= 0.6 is 12.4 Å². The lowest BCUT2D eigenvalue weighted by Gasteiger charge is -2.28. The Bertz CT molecular complexity index is 983. The summed E-state index contributed by atoms with van der Waals surface area (Å²) in [5.41, 5.74) is 4.36. The van der Waals surface area contributed by atoms with E-state index in [1.54, 1.807) is 7.11 Å². The number of rotatable bonds is 7. The molecule has 0 saturated carbocycles. The first-order valence-corrected chi connectivity index (χ1v) is 9.94. The van der Waals surface area contributed by atoms with Gasteiger partial charge in [0.05, 0.1) is 25.1 Å². The number of anilines is 2. The van der Waals surface area contributed by atoms with Gasteiger partial charge >= 0.3 is 0 Å². The topological polar surface area (TPSA) is 59.5 Å². The smallest absolute Gasteiger partial charge is 0.227 e. The highest BCUT2D eigenvalue weighted by Gasteiger charge is 2.20. The van der Waals surface area contributed by atoms with E-state index in [9.17, 15) is 0 Å². The van der Waals surface area contributed by atoms with E-state index >= 15 is 0 Å². The molecule has 158 valence electrons. The second-order valence-corrected chi connectivity index (χ2v) is 6.99. The lowest BCUT2D eigenvalue weighted by molar-refractivity contribution is 0.237. The van der Waals surface area contributed by atoms with Crippen molar-refractivity contribution in [2.24, 2.45) is 0 Å². The zero-order valence-electron chi connectivity index (χ0n) is 17.3. The van der Waals surface area contributed by atoms with Crippen molar-refractivity contribution in [3.63, 3.8) is 0 Å². The first kappa shape index (κ1) is 21.9. The number of aromatic nitrogens is 2. The van der Waals surface area contributed by atoms with Crippen molar-refractivity contribution in [1.29, 1.82) is 0 Å². The van der Waals surface area contributed by atoms with Crippen LogP contribution < -0.4 is 14.8 Å². The number of hydrogen-bond acceptors (Lipinski definition) is 6. The average molecular weight is 427 g/mol. The van der Waals surface area contributed by atoms with E-state index in [1.165, 1.54) is 11.1 Å². The maximum atomic E-state index is 5.77. The summed E-state index contributed by atoms with van der Waals surface area (Å²) in [6.07, 6.45) is 2.83. The maximum absolute atomic E-state index is 5.77. The Morgan fingerprint density at radius 1 is 1.07 bits per heavy atom. The van der Waals surface area contributed by atoms with Gasteiger partial charge in [0.2, 0.25) is 5.95 Å². The van der Waals surface area contributed by atoms with Gasteiger partial charge in [0.25, 0.3) is 0 Å². The van der Waals surface area contributed by atoms with Gasteiger partial charge in [-0.3, -0.25) is 4.90 Å². The summed E-state index contributed by atoms with van der Waals surface area (Å²) in [6, 6.07) is 16.0. The van der Waals surface area contributed by atoms with Crippen LogP contribution in [-0.4, -0.2) is 35.1 Å². The van der Waals surface area contributed by atoms with Crippen LogP contribution in [0.15, 0.2) is 54.7 Å². The summed E-state index contributed by atoms with van der Waals surface area (Å²) in [7, 11) is 1.66. The van der Waals surface area contributed by atoms with E-state index in [-0.39, 0.29) is 12.4 Å². The number of halogens is 1. The Kier molecular flexibility index (Phi) is 7.49. The fourth-order valence-electron chi connectivity index (χ4n) is 3.61. The molecule has 2 heterocycles. The standard InChI is InChI=1S/C23H26N4O2.ClH/c1-3-29-21-10-6-4-8-17(21)15-27-13-12-19-18(16-27)14-24-23(25-19)26-20-9-5-7-11-22(20)28-2;/h4-11,14H,3,12-13,15-16H2,1-2H3,(H,24,25,26);1H. The molecule has 1 aromatic heterocycles. The number of para-hydroxylation sites is 3. The van der Waals surface area contributed by atoms with Crippen LogP contribution in [0.25, 0.3) is 0 Å². The molecule has 0 unspecified atom stereocenters.